The summed E-state index contributed by atoms with van der Waals surface area (Å²) >= 11 is 0. The molecule has 0 atom stereocenters. The molecule has 140 valence electrons. The van der Waals surface area contributed by atoms with Gasteiger partial charge in [-0.3, -0.25) is 0 Å². The van der Waals surface area contributed by atoms with Crippen molar-refractivity contribution in [3.05, 3.63) is 18.3 Å². The van der Waals surface area contributed by atoms with Crippen LogP contribution >= 0.6 is 0 Å². The van der Waals surface area contributed by atoms with Gasteiger partial charge in [-0.05, 0) is 45.0 Å². The largest absolute Gasteiger partial charge is 0.475 e. The maximum atomic E-state index is 11.9. The SMILES string of the molecule is COCCOc1ccc(NC(=O)NCCCN2CCCCCC2)cn1. The van der Waals surface area contributed by atoms with Gasteiger partial charge < -0.3 is 25.0 Å². The monoisotopic (exact) mass is 350 g/mol. The van der Waals surface area contributed by atoms with Gasteiger partial charge in [0.25, 0.3) is 0 Å². The number of aromatic nitrogens is 1. The summed E-state index contributed by atoms with van der Waals surface area (Å²) in [6, 6.07) is 3.29. The summed E-state index contributed by atoms with van der Waals surface area (Å²) in [5.41, 5.74) is 0.643. The second-order valence-corrected chi connectivity index (χ2v) is 6.22. The average molecular weight is 350 g/mol. The number of carbonyl (C=O) groups is 1. The zero-order chi connectivity index (χ0) is 17.7. The van der Waals surface area contributed by atoms with Gasteiger partial charge in [-0.15, -0.1) is 0 Å². The predicted octanol–water partition coefficient (Wildman–Crippen LogP) is 2.49. The number of rotatable bonds is 9. The van der Waals surface area contributed by atoms with Crippen molar-refractivity contribution in [2.45, 2.75) is 32.1 Å². The van der Waals surface area contributed by atoms with E-state index in [0.29, 0.717) is 31.3 Å². The van der Waals surface area contributed by atoms with E-state index in [-0.39, 0.29) is 6.03 Å². The zero-order valence-electron chi connectivity index (χ0n) is 15.1. The second-order valence-electron chi connectivity index (χ2n) is 6.22. The van der Waals surface area contributed by atoms with Gasteiger partial charge >= 0.3 is 6.03 Å². The molecular weight excluding hydrogens is 320 g/mol. The Kier molecular flexibility index (Phi) is 9.07. The summed E-state index contributed by atoms with van der Waals surface area (Å²) < 4.78 is 10.3. The summed E-state index contributed by atoms with van der Waals surface area (Å²) in [6.45, 7) is 5.08. The summed E-state index contributed by atoms with van der Waals surface area (Å²) in [5, 5.41) is 5.67. The molecule has 0 spiro atoms. The Morgan fingerprint density at radius 2 is 2.00 bits per heavy atom. The number of methoxy groups -OCH3 is 1. The first-order chi connectivity index (χ1) is 12.3. The molecule has 1 saturated heterocycles. The molecule has 2 rings (SSSR count). The third-order valence-corrected chi connectivity index (χ3v) is 4.17. The topological polar surface area (TPSA) is 75.7 Å². The predicted molar refractivity (Wildman–Crippen MR) is 98.2 cm³/mol. The highest BCUT2D eigenvalue weighted by Gasteiger charge is 2.08. The number of likely N-dealkylation sites (tertiary alicyclic amines) is 1. The van der Waals surface area contributed by atoms with Gasteiger partial charge in [0.05, 0.1) is 18.5 Å². The Morgan fingerprint density at radius 1 is 1.20 bits per heavy atom. The number of nitrogens with zero attached hydrogens (tertiary/aromatic N) is 2. The maximum Gasteiger partial charge on any atom is 0.319 e. The quantitative estimate of drug-likeness (QED) is 0.669. The fourth-order valence-electron chi connectivity index (χ4n) is 2.81. The third kappa shape index (κ3) is 8.18. The lowest BCUT2D eigenvalue weighted by Crippen LogP contribution is -2.33. The molecule has 1 aromatic heterocycles. The van der Waals surface area contributed by atoms with Crippen LogP contribution in [0, 0.1) is 0 Å². The molecule has 0 saturated carbocycles. The van der Waals surface area contributed by atoms with Gasteiger partial charge in [-0.2, -0.15) is 0 Å². The fourth-order valence-corrected chi connectivity index (χ4v) is 2.81. The summed E-state index contributed by atoms with van der Waals surface area (Å²) in [4.78, 5) is 18.5. The van der Waals surface area contributed by atoms with Gasteiger partial charge in [0.15, 0.2) is 0 Å². The minimum atomic E-state index is -0.203. The minimum Gasteiger partial charge on any atom is -0.475 e. The number of pyridine rings is 1. The number of hydrogen-bond donors (Lipinski definition) is 2. The second kappa shape index (κ2) is 11.7. The van der Waals surface area contributed by atoms with Gasteiger partial charge in [-0.1, -0.05) is 12.8 Å². The molecule has 2 heterocycles. The van der Waals surface area contributed by atoms with Crippen LogP contribution in [0.5, 0.6) is 5.88 Å². The van der Waals surface area contributed by atoms with Crippen molar-refractivity contribution < 1.29 is 14.3 Å². The van der Waals surface area contributed by atoms with Crippen molar-refractivity contribution in [1.29, 1.82) is 0 Å². The lowest BCUT2D eigenvalue weighted by atomic mass is 10.2. The highest BCUT2D eigenvalue weighted by atomic mass is 16.5. The molecule has 1 aliphatic rings. The van der Waals surface area contributed by atoms with E-state index >= 15 is 0 Å². The molecule has 2 N–H and O–H groups in total. The van der Waals surface area contributed by atoms with Crippen LogP contribution < -0.4 is 15.4 Å². The lowest BCUT2D eigenvalue weighted by molar-refractivity contribution is 0.144. The van der Waals surface area contributed by atoms with E-state index in [1.54, 1.807) is 25.4 Å². The Hall–Kier alpha value is -1.86. The van der Waals surface area contributed by atoms with Crippen molar-refractivity contribution >= 4 is 11.7 Å². The van der Waals surface area contributed by atoms with E-state index in [0.717, 1.165) is 13.0 Å². The molecular formula is C18H30N4O3. The number of anilines is 1. The number of carbonyl (C=O) groups excluding carboxylic acids is 1. The van der Waals surface area contributed by atoms with Crippen LogP contribution in [-0.4, -0.2) is 62.4 Å². The highest BCUT2D eigenvalue weighted by molar-refractivity contribution is 5.88. The third-order valence-electron chi connectivity index (χ3n) is 4.17. The zero-order valence-corrected chi connectivity index (χ0v) is 15.1. The van der Waals surface area contributed by atoms with E-state index in [9.17, 15) is 4.79 Å². The Balaban J connectivity index is 1.59. The van der Waals surface area contributed by atoms with Crippen LogP contribution in [0.2, 0.25) is 0 Å². The first-order valence-corrected chi connectivity index (χ1v) is 9.13. The van der Waals surface area contributed by atoms with Crippen molar-refractivity contribution in [2.24, 2.45) is 0 Å². The van der Waals surface area contributed by atoms with Crippen LogP contribution in [0.25, 0.3) is 0 Å². The smallest absolute Gasteiger partial charge is 0.319 e. The molecule has 0 bridgehead atoms. The van der Waals surface area contributed by atoms with Crippen molar-refractivity contribution in [3.63, 3.8) is 0 Å². The molecule has 7 nitrogen and oxygen atoms in total. The number of hydrogen-bond acceptors (Lipinski definition) is 5. The Labute approximate surface area is 150 Å². The van der Waals surface area contributed by atoms with E-state index in [1.807, 2.05) is 0 Å². The molecule has 0 aromatic carbocycles. The summed E-state index contributed by atoms with van der Waals surface area (Å²) in [7, 11) is 1.62. The molecule has 1 aliphatic heterocycles. The first kappa shape index (κ1) is 19.5. The van der Waals surface area contributed by atoms with Gasteiger partial charge in [0, 0.05) is 19.7 Å². The Bertz CT molecular complexity index is 488. The van der Waals surface area contributed by atoms with Gasteiger partial charge in [0.2, 0.25) is 5.88 Å². The number of nitrogens with one attached hydrogen (secondary N) is 2. The standard InChI is InChI=1S/C18H30N4O3/c1-24-13-14-25-17-8-7-16(15-20-17)21-18(23)19-9-6-12-22-10-4-2-3-5-11-22/h7-8,15H,2-6,9-14H2,1H3,(H2,19,21,23). The van der Waals surface area contributed by atoms with Crippen LogP contribution in [0.1, 0.15) is 32.1 Å². The Morgan fingerprint density at radius 3 is 2.68 bits per heavy atom. The molecule has 0 aliphatic carbocycles. The average Bonchev–Trinajstić information content (AvgIpc) is 2.89. The van der Waals surface area contributed by atoms with Crippen LogP contribution in [0.15, 0.2) is 18.3 Å². The van der Waals surface area contributed by atoms with Crippen molar-refractivity contribution in [3.8, 4) is 5.88 Å². The van der Waals surface area contributed by atoms with Crippen LogP contribution in [0.4, 0.5) is 10.5 Å². The molecule has 1 aromatic rings. The summed E-state index contributed by atoms with van der Waals surface area (Å²) in [6.07, 6.45) is 7.85. The van der Waals surface area contributed by atoms with E-state index in [2.05, 4.69) is 20.5 Å². The van der Waals surface area contributed by atoms with Crippen LogP contribution in [-0.2, 0) is 4.74 Å². The van der Waals surface area contributed by atoms with Gasteiger partial charge in [0.1, 0.15) is 6.61 Å². The molecule has 2 amide bonds. The molecule has 1 fully saturated rings. The molecule has 7 heteroatoms. The van der Waals surface area contributed by atoms with Crippen molar-refractivity contribution in [2.75, 3.05) is 51.8 Å². The molecule has 25 heavy (non-hydrogen) atoms. The molecule has 0 radical (unpaired) electrons. The molecule has 0 unspecified atom stereocenters. The van der Waals surface area contributed by atoms with Crippen LogP contribution in [0.3, 0.4) is 0 Å². The van der Waals surface area contributed by atoms with Crippen molar-refractivity contribution in [1.82, 2.24) is 15.2 Å². The highest BCUT2D eigenvalue weighted by Crippen LogP contribution is 2.11. The first-order valence-electron chi connectivity index (χ1n) is 9.13. The summed E-state index contributed by atoms with van der Waals surface area (Å²) in [5.74, 6) is 0.514. The van der Waals surface area contributed by atoms with E-state index < -0.39 is 0 Å². The van der Waals surface area contributed by atoms with Gasteiger partial charge in [-0.25, -0.2) is 9.78 Å². The minimum absolute atomic E-state index is 0.203. The number of urea groups is 1. The number of amides is 2. The number of ether oxygens (including phenoxy) is 2. The fraction of sp³-hybridized carbons (Fsp3) is 0.667. The van der Waals surface area contributed by atoms with E-state index in [1.165, 1.54) is 38.8 Å². The lowest BCUT2D eigenvalue weighted by Gasteiger charge is -2.19. The normalized spacial score (nSPS) is 15.4. The maximum absolute atomic E-state index is 11.9. The van der Waals surface area contributed by atoms with E-state index in [4.69, 9.17) is 9.47 Å².